The highest BCUT2D eigenvalue weighted by atomic mass is 35.5. The molecule has 0 unspecified atom stereocenters. The summed E-state index contributed by atoms with van der Waals surface area (Å²) in [7, 11) is 0. The molecule has 180 valence electrons. The molecule has 2 aromatic carbocycles. The number of hydrogen-bond acceptors (Lipinski definition) is 4. The average molecular weight is 482 g/mol. The van der Waals surface area contributed by atoms with Crippen molar-refractivity contribution in [1.82, 2.24) is 5.32 Å². The summed E-state index contributed by atoms with van der Waals surface area (Å²) in [5.74, 6) is -3.39. The van der Waals surface area contributed by atoms with Crippen LogP contribution in [0, 0.1) is 17.6 Å². The van der Waals surface area contributed by atoms with Gasteiger partial charge in [-0.05, 0) is 73.9 Å². The lowest BCUT2D eigenvalue weighted by molar-refractivity contribution is -0.131. The first kappa shape index (κ1) is 26.8. The number of aliphatic hydroxyl groups is 1. The van der Waals surface area contributed by atoms with Crippen LogP contribution in [0.3, 0.4) is 0 Å². The molecular weight excluding hydrogens is 452 g/mol. The zero-order chi connectivity index (χ0) is 23.3. The Kier molecular flexibility index (Phi) is 9.40. The maximum Gasteiger partial charge on any atom is 0.328 e. The second-order valence-electron chi connectivity index (χ2n) is 8.96. The third kappa shape index (κ3) is 7.81. The van der Waals surface area contributed by atoms with Crippen LogP contribution in [0.25, 0.3) is 6.08 Å². The van der Waals surface area contributed by atoms with Crippen molar-refractivity contribution < 1.29 is 28.5 Å². The van der Waals surface area contributed by atoms with Crippen LogP contribution in [0.5, 0.6) is 5.75 Å². The van der Waals surface area contributed by atoms with E-state index < -0.39 is 23.7 Å². The lowest BCUT2D eigenvalue weighted by Crippen LogP contribution is -2.46. The molecule has 2 aromatic rings. The number of rotatable bonds is 10. The number of halogens is 3. The minimum atomic E-state index is -1.21. The first-order chi connectivity index (χ1) is 15.1. The Morgan fingerprint density at radius 2 is 1.88 bits per heavy atom. The summed E-state index contributed by atoms with van der Waals surface area (Å²) in [5.41, 5.74) is 2.73. The van der Waals surface area contributed by atoms with Crippen LogP contribution in [0.1, 0.15) is 37.0 Å². The summed E-state index contributed by atoms with van der Waals surface area (Å²) in [6, 6.07) is 10.5. The minimum absolute atomic E-state index is 0. The molecule has 1 atom stereocenters. The fraction of sp³-hybridized carbons (Fsp3) is 0.400. The predicted octanol–water partition coefficient (Wildman–Crippen LogP) is 4.40. The molecule has 1 aliphatic carbocycles. The summed E-state index contributed by atoms with van der Waals surface area (Å²) in [6.45, 7) is 4.16. The van der Waals surface area contributed by atoms with Gasteiger partial charge in [0.05, 0.1) is 0 Å². The molecule has 0 bridgehead atoms. The van der Waals surface area contributed by atoms with Crippen molar-refractivity contribution in [3.8, 4) is 5.75 Å². The van der Waals surface area contributed by atoms with E-state index in [4.69, 9.17) is 9.84 Å². The number of aliphatic hydroxyl groups excluding tert-OH is 1. The van der Waals surface area contributed by atoms with Gasteiger partial charge in [-0.3, -0.25) is 0 Å². The zero-order valence-electron chi connectivity index (χ0n) is 18.7. The van der Waals surface area contributed by atoms with Crippen LogP contribution in [0.4, 0.5) is 8.78 Å². The number of carboxylic acid groups (broad SMARTS) is 1. The van der Waals surface area contributed by atoms with Crippen molar-refractivity contribution in [2.75, 3.05) is 13.2 Å². The van der Waals surface area contributed by atoms with Gasteiger partial charge in [0, 0.05) is 18.2 Å². The fourth-order valence-corrected chi connectivity index (χ4v) is 4.18. The quantitative estimate of drug-likeness (QED) is 0.438. The Balaban J connectivity index is 0.00000385. The summed E-state index contributed by atoms with van der Waals surface area (Å²) in [6.07, 6.45) is 4.05. The molecule has 8 heteroatoms. The first-order valence-electron chi connectivity index (χ1n) is 10.7. The summed E-state index contributed by atoms with van der Waals surface area (Å²) >= 11 is 0. The standard InChI is InChI=1S/C25H29F2NO4.ClH/c1-25(2,13-17-9-18-5-3-4-6-19(18)10-17)28-14-20(29)15-32-22-12-16(7-8-23(30)31)11-21(26)24(22)27;/h3-8,11-12,17,20,28-29H,9-10,13-15H2,1-2H3,(H,30,31);1H/t20-;/m1./s1. The Bertz CT molecular complexity index is 971. The highest BCUT2D eigenvalue weighted by molar-refractivity contribution is 5.85. The lowest BCUT2D eigenvalue weighted by atomic mass is 9.88. The van der Waals surface area contributed by atoms with Gasteiger partial charge in [0.2, 0.25) is 5.82 Å². The average Bonchev–Trinajstić information content (AvgIpc) is 3.13. The van der Waals surface area contributed by atoms with E-state index in [-0.39, 0.29) is 42.4 Å². The zero-order valence-corrected chi connectivity index (χ0v) is 19.5. The molecule has 0 aromatic heterocycles. The number of hydrogen-bond donors (Lipinski definition) is 3. The number of ether oxygens (including phenoxy) is 1. The minimum Gasteiger partial charge on any atom is -0.488 e. The van der Waals surface area contributed by atoms with Gasteiger partial charge in [-0.25, -0.2) is 9.18 Å². The third-order valence-corrected chi connectivity index (χ3v) is 5.62. The summed E-state index contributed by atoms with van der Waals surface area (Å²) in [5, 5.41) is 22.3. The number of nitrogens with one attached hydrogen (secondary N) is 1. The summed E-state index contributed by atoms with van der Waals surface area (Å²) in [4.78, 5) is 10.6. The van der Waals surface area contributed by atoms with Gasteiger partial charge in [-0.2, -0.15) is 4.39 Å². The van der Waals surface area contributed by atoms with Gasteiger partial charge in [0.1, 0.15) is 12.7 Å². The van der Waals surface area contributed by atoms with Crippen LogP contribution < -0.4 is 10.1 Å². The van der Waals surface area contributed by atoms with Crippen LogP contribution >= 0.6 is 12.4 Å². The van der Waals surface area contributed by atoms with E-state index >= 15 is 0 Å². The largest absolute Gasteiger partial charge is 0.488 e. The molecule has 0 heterocycles. The van der Waals surface area contributed by atoms with E-state index in [9.17, 15) is 18.7 Å². The lowest BCUT2D eigenvalue weighted by Gasteiger charge is -2.30. The van der Waals surface area contributed by atoms with Gasteiger partial charge >= 0.3 is 5.97 Å². The molecule has 0 saturated heterocycles. The van der Waals surface area contributed by atoms with E-state index in [1.807, 2.05) is 0 Å². The van der Waals surface area contributed by atoms with Crippen LogP contribution in [0.15, 0.2) is 42.5 Å². The number of aliphatic carboxylic acids is 1. The van der Waals surface area contributed by atoms with E-state index in [1.54, 1.807) is 0 Å². The number of carboxylic acids is 1. The Labute approximate surface area is 198 Å². The van der Waals surface area contributed by atoms with Gasteiger partial charge < -0.3 is 20.3 Å². The van der Waals surface area contributed by atoms with Crippen molar-refractivity contribution in [1.29, 1.82) is 0 Å². The van der Waals surface area contributed by atoms with Gasteiger partial charge in [0.25, 0.3) is 0 Å². The van der Waals surface area contributed by atoms with Gasteiger partial charge in [-0.15, -0.1) is 12.4 Å². The van der Waals surface area contributed by atoms with E-state index in [2.05, 4.69) is 43.4 Å². The van der Waals surface area contributed by atoms with E-state index in [0.717, 1.165) is 37.5 Å². The smallest absolute Gasteiger partial charge is 0.328 e. The molecule has 0 aliphatic heterocycles. The molecule has 0 radical (unpaired) electrons. The van der Waals surface area contributed by atoms with Crippen molar-refractivity contribution in [3.63, 3.8) is 0 Å². The Hall–Kier alpha value is -2.48. The highest BCUT2D eigenvalue weighted by Crippen LogP contribution is 2.32. The van der Waals surface area contributed by atoms with Crippen LogP contribution in [-0.2, 0) is 17.6 Å². The fourth-order valence-electron chi connectivity index (χ4n) is 4.18. The number of β-amino-alcohol motifs (C(OH)–C–C–N with tert-alkyl or cyclic N) is 1. The molecule has 5 nitrogen and oxygen atoms in total. The Morgan fingerprint density at radius 3 is 2.48 bits per heavy atom. The van der Waals surface area contributed by atoms with Crippen molar-refractivity contribution >= 4 is 24.5 Å². The maximum absolute atomic E-state index is 14.0. The molecule has 0 fully saturated rings. The van der Waals surface area contributed by atoms with Crippen molar-refractivity contribution in [2.45, 2.75) is 44.8 Å². The molecule has 3 N–H and O–H groups in total. The predicted molar refractivity (Wildman–Crippen MR) is 126 cm³/mol. The third-order valence-electron chi connectivity index (χ3n) is 5.62. The second kappa shape index (κ2) is 11.6. The number of carbonyl (C=O) groups is 1. The molecule has 0 amide bonds. The topological polar surface area (TPSA) is 78.8 Å². The van der Waals surface area contributed by atoms with Crippen molar-refractivity contribution in [2.24, 2.45) is 5.92 Å². The molecule has 33 heavy (non-hydrogen) atoms. The molecular formula is C25H30ClF2NO4. The molecule has 0 saturated carbocycles. The first-order valence-corrected chi connectivity index (χ1v) is 10.7. The van der Waals surface area contributed by atoms with Crippen molar-refractivity contribution in [3.05, 3.63) is 70.8 Å². The van der Waals surface area contributed by atoms with Crippen LogP contribution in [-0.4, -0.2) is 41.0 Å². The number of benzene rings is 2. The molecule has 0 spiro atoms. The SMILES string of the molecule is CC(C)(CC1Cc2ccccc2C1)NC[C@@H](O)COc1cc(C=CC(=O)O)cc(F)c1F.Cl. The monoisotopic (exact) mass is 481 g/mol. The van der Waals surface area contributed by atoms with Gasteiger partial charge in [0.15, 0.2) is 11.6 Å². The summed E-state index contributed by atoms with van der Waals surface area (Å²) < 4.78 is 33.1. The maximum atomic E-state index is 14.0. The van der Waals surface area contributed by atoms with Gasteiger partial charge in [-0.1, -0.05) is 24.3 Å². The number of fused-ring (bicyclic) bond motifs is 1. The highest BCUT2D eigenvalue weighted by Gasteiger charge is 2.28. The van der Waals surface area contributed by atoms with Crippen LogP contribution in [0.2, 0.25) is 0 Å². The Morgan fingerprint density at radius 1 is 1.24 bits per heavy atom. The normalized spacial score (nSPS) is 14.7. The molecule has 1 aliphatic rings. The van der Waals surface area contributed by atoms with E-state index in [1.165, 1.54) is 17.2 Å². The second-order valence-corrected chi connectivity index (χ2v) is 8.96. The molecule has 3 rings (SSSR count). The van der Waals surface area contributed by atoms with E-state index in [0.29, 0.717) is 5.92 Å².